The molecule has 1 aromatic heterocycles. The molecule has 0 unspecified atom stereocenters. The molecule has 1 atom stereocenters. The third-order valence-corrected chi connectivity index (χ3v) is 3.48. The zero-order valence-corrected chi connectivity index (χ0v) is 11.8. The van der Waals surface area contributed by atoms with Crippen LogP contribution in [0.25, 0.3) is 0 Å². The van der Waals surface area contributed by atoms with Gasteiger partial charge >= 0.3 is 5.97 Å². The highest BCUT2D eigenvalue weighted by atomic mass is 16.6. The van der Waals surface area contributed by atoms with E-state index in [1.807, 2.05) is 34.9 Å². The predicted molar refractivity (Wildman–Crippen MR) is 74.3 cm³/mol. The fourth-order valence-corrected chi connectivity index (χ4v) is 2.24. The van der Waals surface area contributed by atoms with Crippen molar-refractivity contribution < 1.29 is 14.3 Å². The first-order valence-corrected chi connectivity index (χ1v) is 6.92. The molecule has 110 valence electrons. The summed E-state index contributed by atoms with van der Waals surface area (Å²) in [6.07, 6.45) is 3.22. The summed E-state index contributed by atoms with van der Waals surface area (Å²) in [7, 11) is 1.49. The second-order valence-corrected chi connectivity index (χ2v) is 5.02. The Morgan fingerprint density at radius 1 is 1.38 bits per heavy atom. The molecule has 0 saturated heterocycles. The van der Waals surface area contributed by atoms with Gasteiger partial charge in [-0.1, -0.05) is 30.3 Å². The molecule has 1 saturated carbocycles. The number of carbonyl (C=O) groups is 1. The number of methoxy groups -OCH3 is 1. The molecule has 6 nitrogen and oxygen atoms in total. The zero-order chi connectivity index (χ0) is 14.7. The smallest absolute Gasteiger partial charge is 0.340 e. The van der Waals surface area contributed by atoms with Crippen LogP contribution in [0.15, 0.2) is 36.7 Å². The second-order valence-electron chi connectivity index (χ2n) is 5.02. The standard InChI is InChI=1S/C15H17N3O3/c1-20-14(11-5-3-2-4-6-11)15(19)21-9-13-17-16-10-18(13)12-7-8-12/h2-6,10,12,14H,7-9H2,1H3/t14-/m0/s1. The van der Waals surface area contributed by atoms with E-state index >= 15 is 0 Å². The van der Waals surface area contributed by atoms with Gasteiger partial charge in [0.05, 0.1) is 0 Å². The van der Waals surface area contributed by atoms with Crippen molar-refractivity contribution in [2.45, 2.75) is 31.6 Å². The molecule has 6 heteroatoms. The van der Waals surface area contributed by atoms with Gasteiger partial charge in [-0.2, -0.15) is 0 Å². The average molecular weight is 287 g/mol. The molecule has 1 aromatic carbocycles. The number of aromatic nitrogens is 3. The number of hydrogen-bond acceptors (Lipinski definition) is 5. The van der Waals surface area contributed by atoms with Crippen LogP contribution < -0.4 is 0 Å². The Morgan fingerprint density at radius 2 is 2.14 bits per heavy atom. The van der Waals surface area contributed by atoms with Crippen molar-refractivity contribution in [2.75, 3.05) is 7.11 Å². The molecule has 1 fully saturated rings. The minimum absolute atomic E-state index is 0.113. The lowest BCUT2D eigenvalue weighted by molar-refractivity contribution is -0.157. The quantitative estimate of drug-likeness (QED) is 0.761. The Balaban J connectivity index is 1.64. The van der Waals surface area contributed by atoms with E-state index in [1.165, 1.54) is 7.11 Å². The fraction of sp³-hybridized carbons (Fsp3) is 0.400. The van der Waals surface area contributed by atoms with Crippen molar-refractivity contribution in [3.05, 3.63) is 48.0 Å². The SMILES string of the molecule is CO[C@H](C(=O)OCc1nncn1C1CC1)c1ccccc1. The first-order chi connectivity index (χ1) is 10.3. The van der Waals surface area contributed by atoms with Crippen molar-refractivity contribution in [1.29, 1.82) is 0 Å². The van der Waals surface area contributed by atoms with E-state index < -0.39 is 12.1 Å². The van der Waals surface area contributed by atoms with E-state index in [2.05, 4.69) is 10.2 Å². The third kappa shape index (κ3) is 3.11. The number of carbonyl (C=O) groups excluding carboxylic acids is 1. The molecule has 2 aromatic rings. The van der Waals surface area contributed by atoms with Gasteiger partial charge in [-0.3, -0.25) is 0 Å². The van der Waals surface area contributed by atoms with E-state index in [9.17, 15) is 4.79 Å². The summed E-state index contributed by atoms with van der Waals surface area (Å²) in [6.45, 7) is 0.113. The summed E-state index contributed by atoms with van der Waals surface area (Å²) in [4.78, 5) is 12.2. The molecule has 21 heavy (non-hydrogen) atoms. The van der Waals surface area contributed by atoms with E-state index in [1.54, 1.807) is 6.33 Å². The topological polar surface area (TPSA) is 66.2 Å². The van der Waals surface area contributed by atoms with Crippen molar-refractivity contribution in [3.8, 4) is 0 Å². The van der Waals surface area contributed by atoms with E-state index in [4.69, 9.17) is 9.47 Å². The largest absolute Gasteiger partial charge is 0.455 e. The van der Waals surface area contributed by atoms with Crippen molar-refractivity contribution in [3.63, 3.8) is 0 Å². The average Bonchev–Trinajstić information content (AvgIpc) is 3.25. The van der Waals surface area contributed by atoms with Crippen LogP contribution in [0.1, 0.15) is 36.4 Å². The van der Waals surface area contributed by atoms with Crippen LogP contribution in [0.3, 0.4) is 0 Å². The molecule has 1 heterocycles. The lowest BCUT2D eigenvalue weighted by atomic mass is 10.1. The van der Waals surface area contributed by atoms with E-state index in [-0.39, 0.29) is 6.61 Å². The van der Waals surface area contributed by atoms with Gasteiger partial charge in [0.15, 0.2) is 18.5 Å². The highest BCUT2D eigenvalue weighted by Crippen LogP contribution is 2.35. The summed E-state index contributed by atoms with van der Waals surface area (Å²) in [5.74, 6) is 0.253. The lowest BCUT2D eigenvalue weighted by Gasteiger charge is -2.14. The van der Waals surface area contributed by atoms with Gasteiger partial charge in [-0.25, -0.2) is 4.79 Å². The Kier molecular flexibility index (Phi) is 3.96. The molecule has 0 bridgehead atoms. The maximum atomic E-state index is 12.2. The van der Waals surface area contributed by atoms with Gasteiger partial charge in [0.1, 0.15) is 6.33 Å². The molecule has 0 spiro atoms. The Labute approximate surface area is 122 Å². The minimum Gasteiger partial charge on any atom is -0.455 e. The number of ether oxygens (including phenoxy) is 2. The van der Waals surface area contributed by atoms with Crippen LogP contribution in [-0.2, 0) is 20.9 Å². The monoisotopic (exact) mass is 287 g/mol. The Morgan fingerprint density at radius 3 is 2.81 bits per heavy atom. The molecule has 0 radical (unpaired) electrons. The molecule has 1 aliphatic rings. The molecule has 0 aliphatic heterocycles. The molecular formula is C15H17N3O3. The van der Waals surface area contributed by atoms with Crippen LogP contribution in [0, 0.1) is 0 Å². The normalized spacial score (nSPS) is 15.7. The first kappa shape index (κ1) is 13.8. The number of hydrogen-bond donors (Lipinski definition) is 0. The summed E-state index contributed by atoms with van der Waals surface area (Å²) in [5.41, 5.74) is 0.772. The predicted octanol–water partition coefficient (Wildman–Crippen LogP) is 2.04. The van der Waals surface area contributed by atoms with E-state index in [0.29, 0.717) is 11.9 Å². The number of esters is 1. The molecule has 1 aliphatic carbocycles. The Bertz CT molecular complexity index is 608. The maximum Gasteiger partial charge on any atom is 0.340 e. The number of rotatable bonds is 6. The molecule has 0 amide bonds. The van der Waals surface area contributed by atoms with Crippen LogP contribution in [-0.4, -0.2) is 27.8 Å². The number of nitrogens with zero attached hydrogens (tertiary/aromatic N) is 3. The van der Waals surface area contributed by atoms with Gasteiger partial charge in [0.25, 0.3) is 0 Å². The second kappa shape index (κ2) is 6.05. The van der Waals surface area contributed by atoms with Crippen LogP contribution >= 0.6 is 0 Å². The van der Waals surface area contributed by atoms with Gasteiger partial charge in [-0.05, 0) is 18.4 Å². The maximum absolute atomic E-state index is 12.2. The molecule has 0 N–H and O–H groups in total. The highest BCUT2D eigenvalue weighted by Gasteiger charge is 2.27. The van der Waals surface area contributed by atoms with Crippen molar-refractivity contribution in [1.82, 2.24) is 14.8 Å². The number of benzene rings is 1. The van der Waals surface area contributed by atoms with Crippen molar-refractivity contribution in [2.24, 2.45) is 0 Å². The third-order valence-electron chi connectivity index (χ3n) is 3.48. The minimum atomic E-state index is -0.719. The fourth-order valence-electron chi connectivity index (χ4n) is 2.24. The molecular weight excluding hydrogens is 270 g/mol. The van der Waals surface area contributed by atoms with Gasteiger partial charge < -0.3 is 14.0 Å². The highest BCUT2D eigenvalue weighted by molar-refractivity contribution is 5.76. The summed E-state index contributed by atoms with van der Waals surface area (Å²) in [6, 6.07) is 9.74. The zero-order valence-electron chi connectivity index (χ0n) is 11.8. The van der Waals surface area contributed by atoms with Crippen molar-refractivity contribution >= 4 is 5.97 Å². The first-order valence-electron chi connectivity index (χ1n) is 6.92. The van der Waals surface area contributed by atoms with Gasteiger partial charge in [-0.15, -0.1) is 10.2 Å². The summed E-state index contributed by atoms with van der Waals surface area (Å²) < 4.78 is 12.5. The Hall–Kier alpha value is -2.21. The molecule has 3 rings (SSSR count). The van der Waals surface area contributed by atoms with Crippen LogP contribution in [0.4, 0.5) is 0 Å². The van der Waals surface area contributed by atoms with Gasteiger partial charge in [0.2, 0.25) is 0 Å². The summed E-state index contributed by atoms with van der Waals surface area (Å²) in [5, 5.41) is 7.88. The van der Waals surface area contributed by atoms with Gasteiger partial charge in [0, 0.05) is 13.2 Å². The van der Waals surface area contributed by atoms with Crippen LogP contribution in [0.2, 0.25) is 0 Å². The summed E-state index contributed by atoms with van der Waals surface area (Å²) >= 11 is 0. The van der Waals surface area contributed by atoms with Crippen LogP contribution in [0.5, 0.6) is 0 Å². The lowest BCUT2D eigenvalue weighted by Crippen LogP contribution is -2.18. The van der Waals surface area contributed by atoms with E-state index in [0.717, 1.165) is 18.4 Å².